The van der Waals surface area contributed by atoms with E-state index in [2.05, 4.69) is 61.9 Å². The van der Waals surface area contributed by atoms with Crippen molar-refractivity contribution in [2.45, 2.75) is 19.9 Å². The van der Waals surface area contributed by atoms with Crippen LogP contribution in [0, 0.1) is 0 Å². The van der Waals surface area contributed by atoms with E-state index in [1.165, 1.54) is 5.69 Å². The van der Waals surface area contributed by atoms with Gasteiger partial charge in [-0.15, -0.1) is 11.3 Å². The van der Waals surface area contributed by atoms with Gasteiger partial charge in [0.25, 0.3) is 5.91 Å². The van der Waals surface area contributed by atoms with Gasteiger partial charge in [0.1, 0.15) is 5.69 Å². The number of hydrogen-bond acceptors (Lipinski definition) is 8. The quantitative estimate of drug-likeness (QED) is 0.190. The Morgan fingerprint density at radius 1 is 0.867 bits per heavy atom. The number of thiazole rings is 1. The van der Waals surface area contributed by atoms with Crippen LogP contribution >= 0.6 is 11.3 Å². The predicted octanol–water partition coefficient (Wildman–Crippen LogP) is 7.05. The highest BCUT2D eigenvalue weighted by atomic mass is 32.1. The Labute approximate surface area is 266 Å². The average molecular weight is 615 g/mol. The minimum absolute atomic E-state index is 0.160. The van der Waals surface area contributed by atoms with E-state index in [9.17, 15) is 4.79 Å². The number of benzene rings is 3. The van der Waals surface area contributed by atoms with Crippen LogP contribution in [-0.4, -0.2) is 62.4 Å². The minimum Gasteiger partial charge on any atom is -0.369 e. The SMILES string of the molecule is CC(C)N1CCN(c2cccc(Nc3nccc(-c4c(-c5cccc(NC(=O)c6ccccc6)c5)nc5sccn45)n3)c2)CC1. The summed E-state index contributed by atoms with van der Waals surface area (Å²) < 4.78 is 2.05. The lowest BCUT2D eigenvalue weighted by molar-refractivity contribution is 0.102. The number of fused-ring (bicyclic) bond motifs is 1. The second-order valence-corrected chi connectivity index (χ2v) is 12.2. The van der Waals surface area contributed by atoms with E-state index in [1.54, 1.807) is 29.7 Å². The zero-order valence-corrected chi connectivity index (χ0v) is 26.0. The summed E-state index contributed by atoms with van der Waals surface area (Å²) >= 11 is 1.56. The van der Waals surface area contributed by atoms with Crippen LogP contribution in [0.2, 0.25) is 0 Å². The van der Waals surface area contributed by atoms with Gasteiger partial charge in [-0.3, -0.25) is 14.1 Å². The first-order valence-corrected chi connectivity index (χ1v) is 16.0. The van der Waals surface area contributed by atoms with Gasteiger partial charge in [0.2, 0.25) is 5.95 Å². The second-order valence-electron chi connectivity index (χ2n) is 11.3. The summed E-state index contributed by atoms with van der Waals surface area (Å²) in [5, 5.41) is 8.45. The van der Waals surface area contributed by atoms with E-state index in [0.717, 1.165) is 59.5 Å². The lowest BCUT2D eigenvalue weighted by Crippen LogP contribution is -2.48. The van der Waals surface area contributed by atoms with Crippen LogP contribution in [0.3, 0.4) is 0 Å². The van der Waals surface area contributed by atoms with Crippen LogP contribution in [0.15, 0.2) is 103 Å². The summed E-state index contributed by atoms with van der Waals surface area (Å²) in [5.41, 5.74) is 6.69. The molecular weight excluding hydrogens is 581 g/mol. The van der Waals surface area contributed by atoms with Crippen molar-refractivity contribution in [3.63, 3.8) is 0 Å². The van der Waals surface area contributed by atoms with Gasteiger partial charge in [0.15, 0.2) is 4.96 Å². The average Bonchev–Trinajstić information content (AvgIpc) is 3.68. The molecule has 0 aliphatic carbocycles. The molecule has 6 aromatic rings. The Bertz CT molecular complexity index is 1940. The van der Waals surface area contributed by atoms with E-state index in [4.69, 9.17) is 9.97 Å². The summed E-state index contributed by atoms with van der Waals surface area (Å²) in [7, 11) is 0. The molecule has 226 valence electrons. The number of hydrogen-bond donors (Lipinski definition) is 2. The van der Waals surface area contributed by atoms with Crippen molar-refractivity contribution >= 4 is 45.2 Å². The molecular formula is C35H34N8OS. The summed E-state index contributed by atoms with van der Waals surface area (Å²) in [4.78, 5) is 33.1. The Hall–Kier alpha value is -5.06. The lowest BCUT2D eigenvalue weighted by atomic mass is 10.1. The third-order valence-electron chi connectivity index (χ3n) is 8.10. The first-order chi connectivity index (χ1) is 22.0. The molecule has 3 aromatic heterocycles. The molecule has 0 radical (unpaired) electrons. The number of carbonyl (C=O) groups excluding carboxylic acids is 1. The van der Waals surface area contributed by atoms with Crippen LogP contribution in [0.5, 0.6) is 0 Å². The molecule has 2 N–H and O–H groups in total. The van der Waals surface area contributed by atoms with Crippen LogP contribution in [0.25, 0.3) is 27.6 Å². The van der Waals surface area contributed by atoms with Crippen molar-refractivity contribution in [1.82, 2.24) is 24.3 Å². The second kappa shape index (κ2) is 12.5. The summed E-state index contributed by atoms with van der Waals surface area (Å²) in [6, 6.07) is 27.9. The molecule has 1 saturated heterocycles. The van der Waals surface area contributed by atoms with Crippen molar-refractivity contribution in [3.8, 4) is 22.6 Å². The fraction of sp³-hybridized carbons (Fsp3) is 0.200. The van der Waals surface area contributed by atoms with Crippen LogP contribution in [0.1, 0.15) is 24.2 Å². The van der Waals surface area contributed by atoms with Gasteiger partial charge >= 0.3 is 0 Å². The summed E-state index contributed by atoms with van der Waals surface area (Å²) in [6.45, 7) is 8.65. The number of nitrogens with zero attached hydrogens (tertiary/aromatic N) is 6. The third-order valence-corrected chi connectivity index (χ3v) is 8.86. The standard InChI is InChI=1S/C35H34N8OS/c1-24(2)41-16-18-42(19-17-41)29-13-7-12-28(23-29)38-34-36-15-14-30(39-34)32-31(40-35-43(32)20-21-45-35)26-10-6-11-27(22-26)37-33(44)25-8-4-3-5-9-25/h3-15,20-24H,16-19H2,1-2H3,(H,37,44)(H,36,38,39). The minimum atomic E-state index is -0.160. The molecule has 4 heterocycles. The van der Waals surface area contributed by atoms with Gasteiger partial charge in [-0.2, -0.15) is 0 Å². The normalized spacial score (nSPS) is 13.8. The highest BCUT2D eigenvalue weighted by molar-refractivity contribution is 7.15. The molecule has 1 aliphatic rings. The highest BCUT2D eigenvalue weighted by Gasteiger charge is 2.21. The Morgan fingerprint density at radius 2 is 1.67 bits per heavy atom. The van der Waals surface area contributed by atoms with Crippen LogP contribution in [-0.2, 0) is 0 Å². The number of anilines is 4. The van der Waals surface area contributed by atoms with Crippen molar-refractivity contribution in [3.05, 3.63) is 108 Å². The summed E-state index contributed by atoms with van der Waals surface area (Å²) in [5.74, 6) is 0.349. The molecule has 0 atom stereocenters. The molecule has 3 aromatic carbocycles. The highest BCUT2D eigenvalue weighted by Crippen LogP contribution is 2.35. The molecule has 0 unspecified atom stereocenters. The Kier molecular flexibility index (Phi) is 7.98. The maximum Gasteiger partial charge on any atom is 0.255 e. The van der Waals surface area contributed by atoms with Crippen molar-refractivity contribution in [2.24, 2.45) is 0 Å². The van der Waals surface area contributed by atoms with E-state index < -0.39 is 0 Å². The lowest BCUT2D eigenvalue weighted by Gasteiger charge is -2.38. The fourth-order valence-electron chi connectivity index (χ4n) is 5.73. The van der Waals surface area contributed by atoms with Gasteiger partial charge < -0.3 is 15.5 Å². The number of rotatable bonds is 8. The van der Waals surface area contributed by atoms with Gasteiger partial charge in [0.05, 0.1) is 11.4 Å². The topological polar surface area (TPSA) is 90.7 Å². The monoisotopic (exact) mass is 614 g/mol. The van der Waals surface area contributed by atoms with Crippen molar-refractivity contribution in [1.29, 1.82) is 0 Å². The van der Waals surface area contributed by atoms with Gasteiger partial charge in [-0.1, -0.05) is 36.4 Å². The third kappa shape index (κ3) is 6.15. The molecule has 7 rings (SSSR count). The molecule has 1 fully saturated rings. The first kappa shape index (κ1) is 28.7. The summed E-state index contributed by atoms with van der Waals surface area (Å²) in [6.07, 6.45) is 3.77. The van der Waals surface area contributed by atoms with Crippen molar-refractivity contribution in [2.75, 3.05) is 41.7 Å². The largest absolute Gasteiger partial charge is 0.369 e. The predicted molar refractivity (Wildman–Crippen MR) is 183 cm³/mol. The molecule has 0 saturated carbocycles. The zero-order valence-electron chi connectivity index (χ0n) is 25.2. The number of carbonyl (C=O) groups is 1. The van der Waals surface area contributed by atoms with Crippen LogP contribution < -0.4 is 15.5 Å². The number of aromatic nitrogens is 4. The van der Waals surface area contributed by atoms with Gasteiger partial charge in [-0.05, 0) is 62.4 Å². The van der Waals surface area contributed by atoms with E-state index in [-0.39, 0.29) is 5.91 Å². The maximum absolute atomic E-state index is 12.8. The molecule has 45 heavy (non-hydrogen) atoms. The van der Waals surface area contributed by atoms with Crippen LogP contribution in [0.4, 0.5) is 23.0 Å². The van der Waals surface area contributed by atoms with Crippen molar-refractivity contribution < 1.29 is 4.79 Å². The molecule has 1 amide bonds. The number of nitrogens with one attached hydrogen (secondary N) is 2. The fourth-order valence-corrected chi connectivity index (χ4v) is 6.44. The van der Waals surface area contributed by atoms with Gasteiger partial charge in [-0.25, -0.2) is 15.0 Å². The van der Waals surface area contributed by atoms with Gasteiger partial charge in [0, 0.05) is 78.2 Å². The smallest absolute Gasteiger partial charge is 0.255 e. The first-order valence-electron chi connectivity index (χ1n) is 15.1. The number of imidazole rings is 1. The molecule has 0 bridgehead atoms. The zero-order chi connectivity index (χ0) is 30.8. The Morgan fingerprint density at radius 3 is 2.49 bits per heavy atom. The number of piperazine rings is 1. The Balaban J connectivity index is 1.15. The van der Waals surface area contributed by atoms with E-state index in [0.29, 0.717) is 23.2 Å². The molecule has 9 nitrogen and oxygen atoms in total. The van der Waals surface area contributed by atoms with E-state index >= 15 is 0 Å². The van der Waals surface area contributed by atoms with E-state index in [1.807, 2.05) is 66.2 Å². The molecule has 1 aliphatic heterocycles. The molecule has 10 heteroatoms. The maximum atomic E-state index is 12.8. The molecule has 0 spiro atoms. The number of amides is 1.